The molecule has 1 aliphatic rings. The Morgan fingerprint density at radius 2 is 1.91 bits per heavy atom. The van der Waals surface area contributed by atoms with Crippen LogP contribution >= 0.6 is 0 Å². The van der Waals surface area contributed by atoms with Gasteiger partial charge in [-0.3, -0.25) is 14.6 Å². The van der Waals surface area contributed by atoms with Crippen LogP contribution in [0.5, 0.6) is 0 Å². The molecule has 5 heteroatoms. The Hall–Kier alpha value is -1.59. The van der Waals surface area contributed by atoms with E-state index >= 15 is 0 Å². The normalized spacial score (nSPS) is 16.7. The van der Waals surface area contributed by atoms with Crippen molar-refractivity contribution in [2.45, 2.75) is 32.4 Å². The topological polar surface area (TPSA) is 47.0 Å². The van der Waals surface area contributed by atoms with E-state index in [2.05, 4.69) is 53.1 Å². The maximum Gasteiger partial charge on any atom is 0.317 e. The number of likely N-dealkylation sites (tertiary alicyclic amines) is 1. The molecule has 1 aromatic rings. The van der Waals surface area contributed by atoms with E-state index in [4.69, 9.17) is 5.11 Å². The summed E-state index contributed by atoms with van der Waals surface area (Å²) in [6.45, 7) is 6.03. The minimum absolute atomic E-state index is 0.157. The van der Waals surface area contributed by atoms with Crippen molar-refractivity contribution in [2.24, 2.45) is 0 Å². The number of likely N-dealkylation sites (N-methyl/N-ethyl adjacent to an activating group) is 1. The number of nitrogens with zero attached hydrogens (tertiary/aromatic N) is 3. The van der Waals surface area contributed by atoms with Crippen molar-refractivity contribution in [3.8, 4) is 0 Å². The zero-order valence-electron chi connectivity index (χ0n) is 14.5. The molecule has 0 aromatic heterocycles. The van der Waals surface area contributed by atoms with Gasteiger partial charge in [0.15, 0.2) is 0 Å². The van der Waals surface area contributed by atoms with Crippen LogP contribution in [-0.2, 0) is 11.3 Å². The molecule has 0 radical (unpaired) electrons. The van der Waals surface area contributed by atoms with Crippen LogP contribution in [0.15, 0.2) is 24.3 Å². The standard InChI is InChI=1S/C18H29N3O2/c1-4-21(14-18(22)23)16-9-11-20(12-10-16)13-15-7-5-6-8-17(15)19(2)3/h5-8,16H,4,9-14H2,1-3H3,(H,22,23). The summed E-state index contributed by atoms with van der Waals surface area (Å²) < 4.78 is 0. The first-order valence-electron chi connectivity index (χ1n) is 8.44. The SMILES string of the molecule is CCN(CC(=O)O)C1CCN(Cc2ccccc2N(C)C)CC1. The Labute approximate surface area is 139 Å². The molecular formula is C18H29N3O2. The number of benzene rings is 1. The van der Waals surface area contributed by atoms with Crippen LogP contribution in [-0.4, -0.2) is 67.2 Å². The van der Waals surface area contributed by atoms with Crippen molar-refractivity contribution in [3.05, 3.63) is 29.8 Å². The third-order valence-electron chi connectivity index (χ3n) is 4.69. The van der Waals surface area contributed by atoms with Crippen LogP contribution in [0.2, 0.25) is 0 Å². The zero-order valence-corrected chi connectivity index (χ0v) is 14.5. The van der Waals surface area contributed by atoms with Gasteiger partial charge in [-0.05, 0) is 44.1 Å². The molecule has 1 aliphatic heterocycles. The van der Waals surface area contributed by atoms with Crippen LogP contribution in [0.4, 0.5) is 5.69 Å². The highest BCUT2D eigenvalue weighted by Gasteiger charge is 2.25. The summed E-state index contributed by atoms with van der Waals surface area (Å²) in [5.41, 5.74) is 2.63. The monoisotopic (exact) mass is 319 g/mol. The number of hydrogen-bond donors (Lipinski definition) is 1. The molecule has 1 N–H and O–H groups in total. The predicted octanol–water partition coefficient (Wildman–Crippen LogP) is 2.12. The molecule has 1 fully saturated rings. The van der Waals surface area contributed by atoms with Gasteiger partial charge in [0.05, 0.1) is 6.54 Å². The molecule has 0 unspecified atom stereocenters. The second-order valence-electron chi connectivity index (χ2n) is 6.49. The average molecular weight is 319 g/mol. The molecule has 0 amide bonds. The zero-order chi connectivity index (χ0) is 16.8. The number of carboxylic acids is 1. The smallest absolute Gasteiger partial charge is 0.317 e. The number of piperidine rings is 1. The molecule has 1 aromatic carbocycles. The minimum Gasteiger partial charge on any atom is -0.480 e. The highest BCUT2D eigenvalue weighted by molar-refractivity contribution is 5.69. The first-order valence-corrected chi connectivity index (χ1v) is 8.44. The van der Waals surface area contributed by atoms with E-state index in [1.807, 2.05) is 6.92 Å². The number of carbonyl (C=O) groups is 1. The van der Waals surface area contributed by atoms with Crippen molar-refractivity contribution in [2.75, 3.05) is 45.2 Å². The molecule has 0 bridgehead atoms. The van der Waals surface area contributed by atoms with Gasteiger partial charge in [-0.25, -0.2) is 0 Å². The van der Waals surface area contributed by atoms with Gasteiger partial charge >= 0.3 is 5.97 Å². The molecule has 128 valence electrons. The Bertz CT molecular complexity index is 511. The van der Waals surface area contributed by atoms with E-state index in [9.17, 15) is 4.79 Å². The largest absolute Gasteiger partial charge is 0.480 e. The van der Waals surface area contributed by atoms with Crippen molar-refractivity contribution in [1.82, 2.24) is 9.80 Å². The predicted molar refractivity (Wildman–Crippen MR) is 94.0 cm³/mol. The van der Waals surface area contributed by atoms with E-state index in [0.717, 1.165) is 39.0 Å². The van der Waals surface area contributed by atoms with Crippen LogP contribution in [0, 0.1) is 0 Å². The third-order valence-corrected chi connectivity index (χ3v) is 4.69. The Balaban J connectivity index is 1.91. The number of carboxylic acid groups (broad SMARTS) is 1. The summed E-state index contributed by atoms with van der Waals surface area (Å²) in [7, 11) is 4.16. The van der Waals surface area contributed by atoms with Gasteiger partial charge in [0.1, 0.15) is 0 Å². The van der Waals surface area contributed by atoms with Gasteiger partial charge in [0.2, 0.25) is 0 Å². The Morgan fingerprint density at radius 1 is 1.26 bits per heavy atom. The molecule has 0 atom stereocenters. The molecule has 0 aliphatic carbocycles. The van der Waals surface area contributed by atoms with E-state index in [1.54, 1.807) is 0 Å². The third kappa shape index (κ3) is 4.94. The molecule has 1 saturated heterocycles. The molecule has 2 rings (SSSR count). The van der Waals surface area contributed by atoms with Gasteiger partial charge in [-0.2, -0.15) is 0 Å². The van der Waals surface area contributed by atoms with Crippen molar-refractivity contribution < 1.29 is 9.90 Å². The fourth-order valence-electron chi connectivity index (χ4n) is 3.44. The Morgan fingerprint density at radius 3 is 2.48 bits per heavy atom. The van der Waals surface area contributed by atoms with Crippen molar-refractivity contribution >= 4 is 11.7 Å². The molecule has 0 saturated carbocycles. The Kier molecular flexibility index (Phi) is 6.42. The number of aliphatic carboxylic acids is 1. The lowest BCUT2D eigenvalue weighted by atomic mass is 10.0. The summed E-state index contributed by atoms with van der Waals surface area (Å²) in [4.78, 5) is 17.7. The van der Waals surface area contributed by atoms with E-state index in [-0.39, 0.29) is 6.54 Å². The number of anilines is 1. The quantitative estimate of drug-likeness (QED) is 0.834. The fourth-order valence-corrected chi connectivity index (χ4v) is 3.44. The molecule has 5 nitrogen and oxygen atoms in total. The van der Waals surface area contributed by atoms with Gasteiger partial charge in [0.25, 0.3) is 0 Å². The van der Waals surface area contributed by atoms with Crippen LogP contribution < -0.4 is 4.90 Å². The molecule has 1 heterocycles. The summed E-state index contributed by atoms with van der Waals surface area (Å²) in [6.07, 6.45) is 2.09. The molecular weight excluding hydrogens is 290 g/mol. The fraction of sp³-hybridized carbons (Fsp3) is 0.611. The number of hydrogen-bond acceptors (Lipinski definition) is 4. The van der Waals surface area contributed by atoms with E-state index in [1.165, 1.54) is 11.3 Å². The lowest BCUT2D eigenvalue weighted by Crippen LogP contribution is -2.46. The van der Waals surface area contributed by atoms with Gasteiger partial charge in [0, 0.05) is 32.4 Å². The second kappa shape index (κ2) is 8.31. The number of rotatable bonds is 7. The maximum absolute atomic E-state index is 11.0. The van der Waals surface area contributed by atoms with E-state index in [0.29, 0.717) is 6.04 Å². The lowest BCUT2D eigenvalue weighted by Gasteiger charge is -2.37. The van der Waals surface area contributed by atoms with E-state index < -0.39 is 5.97 Å². The van der Waals surface area contributed by atoms with Crippen molar-refractivity contribution in [1.29, 1.82) is 0 Å². The van der Waals surface area contributed by atoms with Gasteiger partial charge < -0.3 is 10.0 Å². The van der Waals surface area contributed by atoms with Gasteiger partial charge in [-0.1, -0.05) is 25.1 Å². The highest BCUT2D eigenvalue weighted by atomic mass is 16.4. The molecule has 23 heavy (non-hydrogen) atoms. The maximum atomic E-state index is 11.0. The number of para-hydroxylation sites is 1. The second-order valence-corrected chi connectivity index (χ2v) is 6.49. The summed E-state index contributed by atoms with van der Waals surface area (Å²) in [5, 5.41) is 9.02. The van der Waals surface area contributed by atoms with Crippen LogP contribution in [0.1, 0.15) is 25.3 Å². The van der Waals surface area contributed by atoms with Crippen molar-refractivity contribution in [3.63, 3.8) is 0 Å². The lowest BCUT2D eigenvalue weighted by molar-refractivity contribution is -0.139. The molecule has 0 spiro atoms. The van der Waals surface area contributed by atoms with Crippen LogP contribution in [0.3, 0.4) is 0 Å². The minimum atomic E-state index is -0.728. The van der Waals surface area contributed by atoms with Crippen LogP contribution in [0.25, 0.3) is 0 Å². The first kappa shape index (κ1) is 17.8. The highest BCUT2D eigenvalue weighted by Crippen LogP contribution is 2.23. The average Bonchev–Trinajstić information content (AvgIpc) is 2.53. The first-order chi connectivity index (χ1) is 11.0. The summed E-state index contributed by atoms with van der Waals surface area (Å²) in [6, 6.07) is 8.94. The summed E-state index contributed by atoms with van der Waals surface area (Å²) in [5.74, 6) is -0.728. The summed E-state index contributed by atoms with van der Waals surface area (Å²) >= 11 is 0. The van der Waals surface area contributed by atoms with Gasteiger partial charge in [-0.15, -0.1) is 0 Å².